The highest BCUT2D eigenvalue weighted by molar-refractivity contribution is 5.98. The zero-order valence-electron chi connectivity index (χ0n) is 19.7. The third kappa shape index (κ3) is 5.13. The number of carbonyl (C=O) groups excluding carboxylic acids is 1. The number of aryl methyl sites for hydroxylation is 1. The molecule has 1 amide bonds. The van der Waals surface area contributed by atoms with Crippen LogP contribution >= 0.6 is 0 Å². The van der Waals surface area contributed by atoms with Crippen molar-refractivity contribution >= 4 is 28.6 Å². The fraction of sp³-hybridized carbons (Fsp3) is 0.440. The first kappa shape index (κ1) is 23.9. The molecule has 34 heavy (non-hydrogen) atoms. The Morgan fingerprint density at radius 2 is 1.88 bits per heavy atom. The average molecular weight is 475 g/mol. The molecule has 1 fully saturated rings. The van der Waals surface area contributed by atoms with Crippen LogP contribution in [0.3, 0.4) is 0 Å². The second-order valence-corrected chi connectivity index (χ2v) is 10.1. The van der Waals surface area contributed by atoms with Crippen molar-refractivity contribution in [1.29, 1.82) is 0 Å². The van der Waals surface area contributed by atoms with Crippen molar-refractivity contribution in [3.05, 3.63) is 47.5 Å². The number of alkyl halides is 3. The standard InChI is InChI=1S/C25H29F3N4O2/c1-14-9-17(13-24(3,4)12-14)32-21-10-15(2)19(22(29)33)11-20(21)31-23(32)30-16-5-7-18(8-6-16)34-25(26,27)28/h5-8,10-11,14,17H,9,12-13H2,1-4H3,(H2,29,33)(H,30,31)/t14-,17+/m1/s1. The van der Waals surface area contributed by atoms with Crippen LogP contribution < -0.4 is 15.8 Å². The molecule has 9 heteroatoms. The zero-order valence-corrected chi connectivity index (χ0v) is 19.7. The van der Waals surface area contributed by atoms with Crippen molar-refractivity contribution in [3.63, 3.8) is 0 Å². The molecule has 1 saturated carbocycles. The summed E-state index contributed by atoms with van der Waals surface area (Å²) in [6, 6.07) is 9.33. The van der Waals surface area contributed by atoms with Crippen molar-refractivity contribution in [2.45, 2.75) is 59.4 Å². The molecule has 3 N–H and O–H groups in total. The van der Waals surface area contributed by atoms with Crippen LogP contribution in [-0.2, 0) is 0 Å². The number of hydrogen-bond acceptors (Lipinski definition) is 4. The van der Waals surface area contributed by atoms with Crippen LogP contribution in [-0.4, -0.2) is 21.8 Å². The Morgan fingerprint density at radius 1 is 1.21 bits per heavy atom. The molecule has 3 aromatic rings. The van der Waals surface area contributed by atoms with Gasteiger partial charge < -0.3 is 20.4 Å². The van der Waals surface area contributed by atoms with Crippen LogP contribution in [0.15, 0.2) is 36.4 Å². The lowest BCUT2D eigenvalue weighted by molar-refractivity contribution is -0.274. The zero-order chi connectivity index (χ0) is 24.8. The summed E-state index contributed by atoms with van der Waals surface area (Å²) in [5.74, 6) is 0.270. The van der Waals surface area contributed by atoms with E-state index in [4.69, 9.17) is 10.7 Å². The predicted molar refractivity (Wildman–Crippen MR) is 125 cm³/mol. The van der Waals surface area contributed by atoms with Gasteiger partial charge in [-0.1, -0.05) is 20.8 Å². The Kier molecular flexibility index (Phi) is 5.99. The van der Waals surface area contributed by atoms with Crippen LogP contribution in [0.5, 0.6) is 5.75 Å². The first-order valence-corrected chi connectivity index (χ1v) is 11.3. The number of fused-ring (bicyclic) bond motifs is 1. The van der Waals surface area contributed by atoms with E-state index in [2.05, 4.69) is 35.4 Å². The fourth-order valence-electron chi connectivity index (χ4n) is 5.33. The van der Waals surface area contributed by atoms with Gasteiger partial charge in [-0.15, -0.1) is 13.2 Å². The maximum atomic E-state index is 12.5. The number of rotatable bonds is 5. The molecule has 1 aliphatic rings. The number of nitrogens with one attached hydrogen (secondary N) is 1. The van der Waals surface area contributed by atoms with Crippen LogP contribution in [0.25, 0.3) is 11.0 Å². The Hall–Kier alpha value is -3.23. The van der Waals surface area contributed by atoms with Gasteiger partial charge >= 0.3 is 6.36 Å². The molecule has 6 nitrogen and oxygen atoms in total. The molecular weight excluding hydrogens is 445 g/mol. The molecule has 1 heterocycles. The van der Waals surface area contributed by atoms with E-state index < -0.39 is 12.3 Å². The lowest BCUT2D eigenvalue weighted by Gasteiger charge is -2.40. The van der Waals surface area contributed by atoms with Gasteiger partial charge in [0, 0.05) is 17.3 Å². The molecule has 1 aliphatic carbocycles. The minimum absolute atomic E-state index is 0.148. The van der Waals surface area contributed by atoms with E-state index >= 15 is 0 Å². The van der Waals surface area contributed by atoms with Gasteiger partial charge in [0.1, 0.15) is 5.75 Å². The van der Waals surface area contributed by atoms with Crippen molar-refractivity contribution in [2.75, 3.05) is 5.32 Å². The summed E-state index contributed by atoms with van der Waals surface area (Å²) >= 11 is 0. The topological polar surface area (TPSA) is 82.2 Å². The second kappa shape index (κ2) is 8.52. The van der Waals surface area contributed by atoms with E-state index in [1.165, 1.54) is 24.3 Å². The Labute approximate surface area is 196 Å². The number of ether oxygens (including phenoxy) is 1. The number of nitrogens with zero attached hydrogens (tertiary/aromatic N) is 2. The van der Waals surface area contributed by atoms with Crippen LogP contribution in [0.1, 0.15) is 62.0 Å². The minimum Gasteiger partial charge on any atom is -0.406 e. The molecule has 4 rings (SSSR count). The smallest absolute Gasteiger partial charge is 0.406 e. The quantitative estimate of drug-likeness (QED) is 0.444. The molecule has 182 valence electrons. The summed E-state index contributed by atoms with van der Waals surface area (Å²) in [6.45, 7) is 8.61. The van der Waals surface area contributed by atoms with E-state index in [1.807, 2.05) is 13.0 Å². The Bertz CT molecular complexity index is 1220. The number of imidazole rings is 1. The third-order valence-corrected chi connectivity index (χ3v) is 6.37. The van der Waals surface area contributed by atoms with E-state index in [0.717, 1.165) is 30.3 Å². The number of primary amides is 1. The van der Waals surface area contributed by atoms with Crippen LogP contribution in [0.2, 0.25) is 0 Å². The molecule has 2 atom stereocenters. The van der Waals surface area contributed by atoms with E-state index in [0.29, 0.717) is 28.6 Å². The summed E-state index contributed by atoms with van der Waals surface area (Å²) in [6.07, 6.45) is -1.70. The van der Waals surface area contributed by atoms with Crippen molar-refractivity contribution in [2.24, 2.45) is 17.1 Å². The summed E-state index contributed by atoms with van der Waals surface area (Å²) in [7, 11) is 0. The van der Waals surface area contributed by atoms with Gasteiger partial charge in [0.25, 0.3) is 0 Å². The number of nitrogens with two attached hydrogens (primary N) is 1. The third-order valence-electron chi connectivity index (χ3n) is 6.37. The Balaban J connectivity index is 1.77. The fourth-order valence-corrected chi connectivity index (χ4v) is 5.33. The average Bonchev–Trinajstić information content (AvgIpc) is 3.02. The van der Waals surface area contributed by atoms with Gasteiger partial charge in [0.2, 0.25) is 11.9 Å². The van der Waals surface area contributed by atoms with Gasteiger partial charge in [0.15, 0.2) is 0 Å². The number of amides is 1. The monoisotopic (exact) mass is 474 g/mol. The number of carbonyl (C=O) groups is 1. The first-order chi connectivity index (χ1) is 15.8. The summed E-state index contributed by atoms with van der Waals surface area (Å²) in [5.41, 5.74) is 8.97. The maximum absolute atomic E-state index is 12.5. The number of anilines is 2. The summed E-state index contributed by atoms with van der Waals surface area (Å²) < 4.78 is 43.6. The highest BCUT2D eigenvalue weighted by Crippen LogP contribution is 2.46. The summed E-state index contributed by atoms with van der Waals surface area (Å²) in [5, 5.41) is 3.26. The number of hydrogen-bond donors (Lipinski definition) is 2. The normalized spacial score (nSPS) is 20.3. The SMILES string of the molecule is Cc1cc2c(cc1C(N)=O)nc(Nc1ccc(OC(F)(F)F)cc1)n2[C@H]1C[C@@H](C)CC(C)(C)C1. The van der Waals surface area contributed by atoms with Crippen LogP contribution in [0, 0.1) is 18.3 Å². The second-order valence-electron chi connectivity index (χ2n) is 10.1. The van der Waals surface area contributed by atoms with E-state index in [-0.39, 0.29) is 17.2 Å². The maximum Gasteiger partial charge on any atom is 0.573 e. The number of halogens is 3. The number of benzene rings is 2. The molecule has 0 saturated heterocycles. The highest BCUT2D eigenvalue weighted by atomic mass is 19.4. The largest absolute Gasteiger partial charge is 0.573 e. The van der Waals surface area contributed by atoms with Gasteiger partial charge in [0.05, 0.1) is 11.0 Å². The van der Waals surface area contributed by atoms with Gasteiger partial charge in [-0.05, 0) is 79.5 Å². The van der Waals surface area contributed by atoms with E-state index in [9.17, 15) is 18.0 Å². The lowest BCUT2D eigenvalue weighted by atomic mass is 9.70. The van der Waals surface area contributed by atoms with Crippen molar-refractivity contribution in [1.82, 2.24) is 9.55 Å². The number of aromatic nitrogens is 2. The lowest BCUT2D eigenvalue weighted by Crippen LogP contribution is -2.29. The van der Waals surface area contributed by atoms with E-state index in [1.54, 1.807) is 6.07 Å². The van der Waals surface area contributed by atoms with Gasteiger partial charge in [-0.25, -0.2) is 4.98 Å². The first-order valence-electron chi connectivity index (χ1n) is 11.3. The molecule has 0 spiro atoms. The summed E-state index contributed by atoms with van der Waals surface area (Å²) in [4.78, 5) is 16.6. The minimum atomic E-state index is -4.75. The molecular formula is C25H29F3N4O2. The predicted octanol–water partition coefficient (Wildman–Crippen LogP) is 6.47. The van der Waals surface area contributed by atoms with Crippen molar-refractivity contribution < 1.29 is 22.7 Å². The molecule has 0 bridgehead atoms. The van der Waals surface area contributed by atoms with Gasteiger partial charge in [-0.3, -0.25) is 4.79 Å². The highest BCUT2D eigenvalue weighted by Gasteiger charge is 2.35. The molecule has 0 aliphatic heterocycles. The molecule has 0 radical (unpaired) electrons. The Morgan fingerprint density at radius 3 is 2.47 bits per heavy atom. The van der Waals surface area contributed by atoms with Crippen molar-refractivity contribution in [3.8, 4) is 5.75 Å². The molecule has 2 aromatic carbocycles. The van der Waals surface area contributed by atoms with Gasteiger partial charge in [-0.2, -0.15) is 0 Å². The van der Waals surface area contributed by atoms with Crippen LogP contribution in [0.4, 0.5) is 24.8 Å². The molecule has 0 unspecified atom stereocenters. The molecule has 1 aromatic heterocycles.